The van der Waals surface area contributed by atoms with E-state index in [4.69, 9.17) is 14.2 Å². The van der Waals surface area contributed by atoms with Crippen molar-refractivity contribution in [2.45, 2.75) is 232 Å². The van der Waals surface area contributed by atoms with Crippen LogP contribution in [0.1, 0.15) is 226 Å². The number of unbranched alkanes of at least 4 members (excludes halogenated alkanes) is 22. The van der Waals surface area contributed by atoms with Crippen molar-refractivity contribution in [3.8, 4) is 0 Å². The Hall–Kier alpha value is -2.40. The van der Waals surface area contributed by atoms with E-state index in [0.29, 0.717) is 19.4 Å². The highest BCUT2D eigenvalue weighted by Gasteiger charge is 2.17. The number of esters is 2. The van der Waals surface area contributed by atoms with Crippen LogP contribution in [-0.4, -0.2) is 37.9 Å². The van der Waals surface area contributed by atoms with Gasteiger partial charge in [0.1, 0.15) is 6.61 Å². The second-order valence-electron chi connectivity index (χ2n) is 15.6. The average molecular weight is 783 g/mol. The summed E-state index contributed by atoms with van der Waals surface area (Å²) in [7, 11) is 0. The van der Waals surface area contributed by atoms with Gasteiger partial charge in [0.2, 0.25) is 0 Å². The van der Waals surface area contributed by atoms with Crippen molar-refractivity contribution in [1.29, 1.82) is 0 Å². The molecule has 0 aromatic rings. The molecule has 0 spiro atoms. The van der Waals surface area contributed by atoms with E-state index in [1.807, 2.05) is 0 Å². The molecule has 0 aromatic carbocycles. The normalized spacial score (nSPS) is 12.7. The van der Waals surface area contributed by atoms with Gasteiger partial charge in [-0.05, 0) is 64.2 Å². The van der Waals surface area contributed by atoms with E-state index in [-0.39, 0.29) is 25.2 Å². The Morgan fingerprint density at radius 3 is 1.29 bits per heavy atom. The molecule has 0 radical (unpaired) electrons. The molecule has 0 fully saturated rings. The van der Waals surface area contributed by atoms with Crippen LogP contribution in [0.5, 0.6) is 0 Å². The maximum Gasteiger partial charge on any atom is 0.306 e. The standard InChI is InChI=1S/C51H90O5/c1-4-7-10-13-16-18-20-22-24-25-26-27-29-30-32-34-36-38-41-44-50(52)55-48-49(47-54-46-43-40-15-12-9-6-3)56-51(53)45-42-39-37-35-33-31-28-23-21-19-17-14-11-8-5-2/h7,10,16,18,22,24,26-27,30,32,49H,4-6,8-9,11-15,17,19-21,23,25,28-29,31,33-48H2,1-3H3/b10-7-,18-16-,24-22-,27-26-,32-30-. The molecular formula is C51H90O5. The van der Waals surface area contributed by atoms with Gasteiger partial charge in [0, 0.05) is 19.4 Å². The van der Waals surface area contributed by atoms with Crippen molar-refractivity contribution in [3.05, 3.63) is 60.8 Å². The van der Waals surface area contributed by atoms with Gasteiger partial charge < -0.3 is 14.2 Å². The molecule has 0 saturated carbocycles. The SMILES string of the molecule is CC/C=C\C/C=C\C/C=C\C/C=C\C/C=C\CCCCCC(=O)OCC(COCCCCCCCC)OC(=O)CCCCCCCCCCCCCCCCC. The lowest BCUT2D eigenvalue weighted by Gasteiger charge is -2.18. The van der Waals surface area contributed by atoms with Gasteiger partial charge in [-0.25, -0.2) is 0 Å². The highest BCUT2D eigenvalue weighted by molar-refractivity contribution is 5.70. The van der Waals surface area contributed by atoms with Crippen LogP contribution in [0.4, 0.5) is 0 Å². The molecule has 0 aliphatic heterocycles. The number of rotatable bonds is 43. The largest absolute Gasteiger partial charge is 0.462 e. The molecule has 0 rings (SSSR count). The van der Waals surface area contributed by atoms with E-state index in [9.17, 15) is 9.59 Å². The molecule has 0 amide bonds. The molecule has 0 N–H and O–H groups in total. The Bertz CT molecular complexity index is 977. The van der Waals surface area contributed by atoms with Crippen molar-refractivity contribution < 1.29 is 23.8 Å². The number of allylic oxidation sites excluding steroid dienone is 10. The summed E-state index contributed by atoms with van der Waals surface area (Å²) in [5.41, 5.74) is 0. The minimum absolute atomic E-state index is 0.0694. The van der Waals surface area contributed by atoms with Crippen LogP contribution >= 0.6 is 0 Å². The van der Waals surface area contributed by atoms with E-state index in [1.54, 1.807) is 0 Å². The third-order valence-electron chi connectivity index (χ3n) is 10.1. The highest BCUT2D eigenvalue weighted by atomic mass is 16.6. The second-order valence-corrected chi connectivity index (χ2v) is 15.6. The van der Waals surface area contributed by atoms with Crippen LogP contribution in [0.25, 0.3) is 0 Å². The maximum absolute atomic E-state index is 12.7. The van der Waals surface area contributed by atoms with Crippen LogP contribution in [0.15, 0.2) is 60.8 Å². The van der Waals surface area contributed by atoms with E-state index >= 15 is 0 Å². The molecule has 5 heteroatoms. The Morgan fingerprint density at radius 1 is 0.411 bits per heavy atom. The summed E-state index contributed by atoms with van der Waals surface area (Å²) in [5.74, 6) is -0.432. The fourth-order valence-corrected chi connectivity index (χ4v) is 6.54. The predicted molar refractivity (Wildman–Crippen MR) is 242 cm³/mol. The zero-order chi connectivity index (χ0) is 40.7. The molecule has 56 heavy (non-hydrogen) atoms. The molecule has 5 nitrogen and oxygen atoms in total. The van der Waals surface area contributed by atoms with Crippen molar-refractivity contribution in [3.63, 3.8) is 0 Å². The summed E-state index contributed by atoms with van der Waals surface area (Å²) in [6.45, 7) is 7.65. The van der Waals surface area contributed by atoms with E-state index in [0.717, 1.165) is 83.5 Å². The van der Waals surface area contributed by atoms with Gasteiger partial charge in [0.05, 0.1) is 6.61 Å². The van der Waals surface area contributed by atoms with Crippen LogP contribution in [0.2, 0.25) is 0 Å². The van der Waals surface area contributed by atoms with Crippen LogP contribution in [-0.2, 0) is 23.8 Å². The quantitative estimate of drug-likeness (QED) is 0.0350. The van der Waals surface area contributed by atoms with Gasteiger partial charge in [-0.2, -0.15) is 0 Å². The van der Waals surface area contributed by atoms with Crippen LogP contribution < -0.4 is 0 Å². The topological polar surface area (TPSA) is 61.8 Å². The Labute approximate surface area is 347 Å². The van der Waals surface area contributed by atoms with Crippen LogP contribution in [0, 0.1) is 0 Å². The third kappa shape index (κ3) is 44.3. The molecule has 0 saturated heterocycles. The first-order valence-electron chi connectivity index (χ1n) is 23.8. The maximum atomic E-state index is 12.7. The van der Waals surface area contributed by atoms with E-state index in [1.165, 1.54) is 109 Å². The summed E-state index contributed by atoms with van der Waals surface area (Å²) < 4.78 is 17.2. The van der Waals surface area contributed by atoms with Crippen molar-refractivity contribution in [2.24, 2.45) is 0 Å². The average Bonchev–Trinajstić information content (AvgIpc) is 3.20. The Balaban J connectivity index is 4.15. The van der Waals surface area contributed by atoms with Crippen molar-refractivity contribution >= 4 is 11.9 Å². The zero-order valence-electron chi connectivity index (χ0n) is 37.1. The Kier molecular flexibility index (Phi) is 45.0. The lowest BCUT2D eigenvalue weighted by Crippen LogP contribution is -2.30. The fourth-order valence-electron chi connectivity index (χ4n) is 6.54. The van der Waals surface area contributed by atoms with E-state index in [2.05, 4.69) is 81.5 Å². The lowest BCUT2D eigenvalue weighted by atomic mass is 10.0. The minimum Gasteiger partial charge on any atom is -0.462 e. The van der Waals surface area contributed by atoms with E-state index < -0.39 is 6.10 Å². The summed E-state index contributed by atoms with van der Waals surface area (Å²) in [5, 5.41) is 0. The molecule has 1 unspecified atom stereocenters. The van der Waals surface area contributed by atoms with Crippen molar-refractivity contribution in [2.75, 3.05) is 19.8 Å². The minimum atomic E-state index is -0.543. The zero-order valence-corrected chi connectivity index (χ0v) is 37.1. The molecule has 0 aliphatic rings. The van der Waals surface area contributed by atoms with Gasteiger partial charge in [-0.1, -0.05) is 210 Å². The summed E-state index contributed by atoms with van der Waals surface area (Å²) in [4.78, 5) is 25.2. The summed E-state index contributed by atoms with van der Waals surface area (Å²) in [6, 6.07) is 0. The highest BCUT2D eigenvalue weighted by Crippen LogP contribution is 2.15. The first-order chi connectivity index (χ1) is 27.6. The predicted octanol–water partition coefficient (Wildman–Crippen LogP) is 15.8. The molecule has 0 heterocycles. The monoisotopic (exact) mass is 783 g/mol. The summed E-state index contributed by atoms with van der Waals surface area (Å²) in [6.07, 6.45) is 58.0. The first kappa shape index (κ1) is 53.6. The van der Waals surface area contributed by atoms with Crippen molar-refractivity contribution in [1.82, 2.24) is 0 Å². The van der Waals surface area contributed by atoms with Gasteiger partial charge in [-0.15, -0.1) is 0 Å². The number of carbonyl (C=O) groups is 2. The molecule has 0 aromatic heterocycles. The van der Waals surface area contributed by atoms with Crippen LogP contribution in [0.3, 0.4) is 0 Å². The number of ether oxygens (including phenoxy) is 3. The third-order valence-corrected chi connectivity index (χ3v) is 10.1. The number of hydrogen-bond acceptors (Lipinski definition) is 5. The first-order valence-corrected chi connectivity index (χ1v) is 23.8. The second kappa shape index (κ2) is 47.0. The molecule has 0 aliphatic carbocycles. The fraction of sp³-hybridized carbons (Fsp3) is 0.765. The van der Waals surface area contributed by atoms with Gasteiger partial charge in [0.15, 0.2) is 6.10 Å². The van der Waals surface area contributed by atoms with Gasteiger partial charge in [0.25, 0.3) is 0 Å². The molecular weight excluding hydrogens is 693 g/mol. The summed E-state index contributed by atoms with van der Waals surface area (Å²) >= 11 is 0. The Morgan fingerprint density at radius 2 is 0.804 bits per heavy atom. The van der Waals surface area contributed by atoms with Gasteiger partial charge in [-0.3, -0.25) is 9.59 Å². The molecule has 1 atom stereocenters. The smallest absolute Gasteiger partial charge is 0.306 e. The molecule has 0 bridgehead atoms. The lowest BCUT2D eigenvalue weighted by molar-refractivity contribution is -0.163. The number of carbonyl (C=O) groups excluding carboxylic acids is 2. The number of hydrogen-bond donors (Lipinski definition) is 0. The van der Waals surface area contributed by atoms with Gasteiger partial charge >= 0.3 is 11.9 Å². The molecule has 324 valence electrons.